The van der Waals surface area contributed by atoms with Gasteiger partial charge >= 0.3 is 0 Å². The summed E-state index contributed by atoms with van der Waals surface area (Å²) in [5.74, 6) is 0. The van der Waals surface area contributed by atoms with Gasteiger partial charge in [-0.3, -0.25) is 0 Å². The summed E-state index contributed by atoms with van der Waals surface area (Å²) in [5, 5.41) is 0. The first-order valence-electron chi connectivity index (χ1n) is 4.22. The Kier molecular flexibility index (Phi) is 1.80. The highest BCUT2D eigenvalue weighted by Gasteiger charge is 2.15. The molecule has 0 amide bonds. The van der Waals surface area contributed by atoms with Crippen LogP contribution in [0.5, 0.6) is 0 Å². The van der Waals surface area contributed by atoms with E-state index in [-0.39, 0.29) is 6.71 Å². The summed E-state index contributed by atoms with van der Waals surface area (Å²) in [5.41, 5.74) is 4.09. The van der Waals surface area contributed by atoms with Crippen LogP contribution in [0.2, 0.25) is 0 Å². The maximum Gasteiger partial charge on any atom is 0.169 e. The number of hydrogen-bond donors (Lipinski definition) is 0. The Balaban J connectivity index is 2.35. The highest BCUT2D eigenvalue weighted by Crippen LogP contribution is 2.25. The van der Waals surface area contributed by atoms with E-state index in [9.17, 15) is 0 Å². The predicted octanol–water partition coefficient (Wildman–Crippen LogP) is 2.41. The van der Waals surface area contributed by atoms with Crippen molar-refractivity contribution in [2.75, 3.05) is 0 Å². The Labute approximate surface area is 74.4 Å². The van der Waals surface area contributed by atoms with Crippen molar-refractivity contribution in [3.05, 3.63) is 54.5 Å². The van der Waals surface area contributed by atoms with Gasteiger partial charge in [-0.1, -0.05) is 49.5 Å². The van der Waals surface area contributed by atoms with Gasteiger partial charge < -0.3 is 0 Å². The summed E-state index contributed by atoms with van der Waals surface area (Å²) < 4.78 is 0. The molecular weight excluding hydrogens is 143 g/mol. The van der Waals surface area contributed by atoms with E-state index in [1.807, 2.05) is 0 Å². The molecule has 1 heteroatoms. The first-order valence-corrected chi connectivity index (χ1v) is 4.22. The first-order chi connectivity index (χ1) is 5.77. The third kappa shape index (κ3) is 1.20. The number of benzene rings is 1. The second-order valence-electron chi connectivity index (χ2n) is 3.29. The molecule has 0 saturated carbocycles. The van der Waals surface area contributed by atoms with Gasteiger partial charge in [-0.15, -0.1) is 0 Å². The van der Waals surface area contributed by atoms with Crippen LogP contribution >= 0.6 is 0 Å². The lowest BCUT2D eigenvalue weighted by Gasteiger charge is -2.00. The molecule has 0 aliphatic heterocycles. The normalized spacial score (nSPS) is 14.0. The molecule has 2 rings (SSSR count). The summed E-state index contributed by atoms with van der Waals surface area (Å²) in [6, 6.07) is 8.46. The van der Waals surface area contributed by atoms with E-state index in [4.69, 9.17) is 0 Å². The third-order valence-electron chi connectivity index (χ3n) is 2.31. The van der Waals surface area contributed by atoms with Crippen LogP contribution in [0.4, 0.5) is 0 Å². The monoisotopic (exact) mass is 154 g/mol. The Morgan fingerprint density at radius 1 is 1.17 bits per heavy atom. The molecule has 58 valence electrons. The predicted molar refractivity (Wildman–Crippen MR) is 54.6 cm³/mol. The Bertz CT molecular complexity index is 324. The summed E-state index contributed by atoms with van der Waals surface area (Å²) in [4.78, 5) is 0. The zero-order valence-corrected chi connectivity index (χ0v) is 7.09. The molecule has 1 aliphatic rings. The van der Waals surface area contributed by atoms with Crippen LogP contribution in [0.1, 0.15) is 11.1 Å². The van der Waals surface area contributed by atoms with Crippen LogP contribution in [0.25, 0.3) is 6.08 Å². The number of rotatable bonds is 1. The minimum absolute atomic E-state index is 0.192. The van der Waals surface area contributed by atoms with Gasteiger partial charge in [-0.05, 0) is 17.5 Å². The molecule has 0 spiro atoms. The molecule has 0 saturated heterocycles. The average molecular weight is 154 g/mol. The average Bonchev–Trinajstić information content (AvgIpc) is 2.46. The number of fused-ring (bicyclic) bond motifs is 1. The highest BCUT2D eigenvalue weighted by molar-refractivity contribution is 6.71. The molecule has 0 nitrogen and oxygen atoms in total. The van der Waals surface area contributed by atoms with E-state index >= 15 is 0 Å². The summed E-state index contributed by atoms with van der Waals surface area (Å²) in [6.45, 7) is 8.04. The summed E-state index contributed by atoms with van der Waals surface area (Å²) in [6.07, 6.45) is 3.24. The molecule has 12 heavy (non-hydrogen) atoms. The van der Waals surface area contributed by atoms with Gasteiger partial charge in [0.25, 0.3) is 0 Å². The van der Waals surface area contributed by atoms with Crippen molar-refractivity contribution in [3.8, 4) is 0 Å². The third-order valence-corrected chi connectivity index (χ3v) is 2.31. The van der Waals surface area contributed by atoms with E-state index in [0.29, 0.717) is 0 Å². The van der Waals surface area contributed by atoms with Crippen LogP contribution in [0, 0.1) is 13.6 Å². The largest absolute Gasteiger partial charge is 0.169 e. The number of hydrogen-bond acceptors (Lipinski definition) is 0. The van der Waals surface area contributed by atoms with Crippen molar-refractivity contribution in [3.63, 3.8) is 0 Å². The molecule has 0 N–H and O–H groups in total. The molecule has 1 aromatic rings. The summed E-state index contributed by atoms with van der Waals surface area (Å²) in [7, 11) is 0. The lowest BCUT2D eigenvalue weighted by molar-refractivity contribution is 1.28. The van der Waals surface area contributed by atoms with Crippen LogP contribution in [0.15, 0.2) is 29.7 Å². The fourth-order valence-corrected chi connectivity index (χ4v) is 1.57. The SMILES string of the molecule is [CH2]B([CH2])C1=Cc2ccccc2C1. The zero-order chi connectivity index (χ0) is 8.55. The molecule has 1 aliphatic carbocycles. The van der Waals surface area contributed by atoms with Crippen molar-refractivity contribution in [1.82, 2.24) is 0 Å². The minimum Gasteiger partial charge on any atom is -0.0963 e. The summed E-state index contributed by atoms with van der Waals surface area (Å²) >= 11 is 0. The standard InChI is InChI=1S/C11H11B/c1-12(2)11-7-9-5-3-4-6-10(9)8-11/h3-7H,1-2,8H2. The fourth-order valence-electron chi connectivity index (χ4n) is 1.57. The van der Waals surface area contributed by atoms with Gasteiger partial charge in [0.2, 0.25) is 0 Å². The van der Waals surface area contributed by atoms with E-state index in [2.05, 4.69) is 44.0 Å². The molecular formula is C11H11B. The smallest absolute Gasteiger partial charge is 0.0963 e. The maximum atomic E-state index is 3.92. The maximum absolute atomic E-state index is 3.92. The van der Waals surface area contributed by atoms with Crippen LogP contribution < -0.4 is 0 Å². The molecule has 0 atom stereocenters. The molecule has 0 aromatic heterocycles. The van der Waals surface area contributed by atoms with E-state index in [0.717, 1.165) is 6.42 Å². The Morgan fingerprint density at radius 3 is 2.58 bits per heavy atom. The van der Waals surface area contributed by atoms with Gasteiger partial charge in [0.15, 0.2) is 6.71 Å². The van der Waals surface area contributed by atoms with E-state index in [1.165, 1.54) is 16.6 Å². The van der Waals surface area contributed by atoms with Gasteiger partial charge in [0, 0.05) is 0 Å². The molecule has 0 bridgehead atoms. The number of allylic oxidation sites excluding steroid dienone is 1. The lowest BCUT2D eigenvalue weighted by atomic mass is 9.48. The van der Waals surface area contributed by atoms with Crippen molar-refractivity contribution >= 4 is 12.8 Å². The van der Waals surface area contributed by atoms with Crippen molar-refractivity contribution in [2.45, 2.75) is 6.42 Å². The fraction of sp³-hybridized carbons (Fsp3) is 0.0909. The van der Waals surface area contributed by atoms with Crippen LogP contribution in [-0.4, -0.2) is 6.71 Å². The first kappa shape index (κ1) is 7.66. The molecule has 0 fully saturated rings. The van der Waals surface area contributed by atoms with Crippen molar-refractivity contribution < 1.29 is 0 Å². The van der Waals surface area contributed by atoms with Crippen LogP contribution in [0.3, 0.4) is 0 Å². The van der Waals surface area contributed by atoms with Crippen molar-refractivity contribution in [1.29, 1.82) is 0 Å². The van der Waals surface area contributed by atoms with E-state index < -0.39 is 0 Å². The molecule has 0 heterocycles. The highest BCUT2D eigenvalue weighted by atomic mass is 14.1. The molecule has 1 aromatic carbocycles. The quantitative estimate of drug-likeness (QED) is 0.545. The van der Waals surface area contributed by atoms with Gasteiger partial charge in [-0.25, -0.2) is 0 Å². The lowest BCUT2D eigenvalue weighted by Crippen LogP contribution is -2.06. The molecule has 2 radical (unpaired) electrons. The van der Waals surface area contributed by atoms with Gasteiger partial charge in [0.1, 0.15) is 0 Å². The van der Waals surface area contributed by atoms with Crippen LogP contribution in [-0.2, 0) is 6.42 Å². The second-order valence-corrected chi connectivity index (χ2v) is 3.29. The second kappa shape index (κ2) is 2.82. The van der Waals surface area contributed by atoms with Gasteiger partial charge in [-0.2, -0.15) is 0 Å². The molecule has 0 unspecified atom stereocenters. The zero-order valence-electron chi connectivity index (χ0n) is 7.09. The van der Waals surface area contributed by atoms with Gasteiger partial charge in [0.05, 0.1) is 0 Å². The Hall–Kier alpha value is -0.975. The van der Waals surface area contributed by atoms with E-state index in [1.54, 1.807) is 0 Å². The minimum atomic E-state index is 0.192. The van der Waals surface area contributed by atoms with Crippen molar-refractivity contribution in [2.24, 2.45) is 0 Å². The topological polar surface area (TPSA) is 0 Å². The Morgan fingerprint density at radius 2 is 1.92 bits per heavy atom.